The fourth-order valence-corrected chi connectivity index (χ4v) is 1.73. The maximum absolute atomic E-state index is 11.6. The summed E-state index contributed by atoms with van der Waals surface area (Å²) in [6.45, 7) is 0.144. The van der Waals surface area contributed by atoms with E-state index in [0.717, 1.165) is 0 Å². The molecule has 0 atom stereocenters. The van der Waals surface area contributed by atoms with Crippen LogP contribution in [0.25, 0.3) is 0 Å². The van der Waals surface area contributed by atoms with Crippen LogP contribution in [0.15, 0.2) is 22.7 Å². The van der Waals surface area contributed by atoms with E-state index in [2.05, 4.69) is 4.74 Å². The van der Waals surface area contributed by atoms with Crippen LogP contribution in [-0.2, 0) is 4.74 Å². The zero-order valence-electron chi connectivity index (χ0n) is 10.2. The molecule has 19 heavy (non-hydrogen) atoms. The summed E-state index contributed by atoms with van der Waals surface area (Å²) in [5, 5.41) is 0.237. The van der Waals surface area contributed by atoms with Gasteiger partial charge in [-0.15, -0.1) is 0 Å². The Morgan fingerprint density at radius 1 is 1.32 bits per heavy atom. The van der Waals surface area contributed by atoms with Crippen LogP contribution in [0.2, 0.25) is 5.02 Å². The van der Waals surface area contributed by atoms with Gasteiger partial charge in [0.25, 0.3) is 0 Å². The highest BCUT2D eigenvalue weighted by Gasteiger charge is 2.18. The molecule has 0 N–H and O–H groups in total. The molecule has 0 heterocycles. The summed E-state index contributed by atoms with van der Waals surface area (Å²) in [5.41, 5.74) is 0.174. The number of esters is 1. The number of carbonyl (C=O) groups is 1. The third kappa shape index (κ3) is 4.49. The van der Waals surface area contributed by atoms with Crippen molar-refractivity contribution < 1.29 is 19.0 Å². The molecule has 0 amide bonds. The number of carbonyl (C=O) groups excluding carboxylic acids is 1. The van der Waals surface area contributed by atoms with E-state index in [1.165, 1.54) is 32.4 Å². The lowest BCUT2D eigenvalue weighted by atomic mass is 10.2. The fourth-order valence-electron chi connectivity index (χ4n) is 1.32. The molecule has 0 aromatic heterocycles. The lowest BCUT2D eigenvalue weighted by Crippen LogP contribution is -2.05. The molecule has 1 aromatic rings. The average Bonchev–Trinajstić information content (AvgIpc) is 2.36. The lowest BCUT2D eigenvalue weighted by molar-refractivity contribution is 0.0596. The highest BCUT2D eigenvalue weighted by molar-refractivity contribution is 6.55. The van der Waals surface area contributed by atoms with Crippen LogP contribution in [0.1, 0.15) is 10.4 Å². The summed E-state index contributed by atoms with van der Waals surface area (Å²) in [5.74, 6) is 0.0268. The number of halogens is 3. The summed E-state index contributed by atoms with van der Waals surface area (Å²) in [7, 11) is 2.67. The molecule has 0 aliphatic heterocycles. The minimum absolute atomic E-state index is 0.0906. The number of rotatable bonds is 5. The third-order valence-corrected chi connectivity index (χ3v) is 2.70. The minimum atomic E-state index is -0.574. The van der Waals surface area contributed by atoms with Gasteiger partial charge < -0.3 is 14.2 Å². The zero-order chi connectivity index (χ0) is 14.4. The number of ether oxygens (including phenoxy) is 3. The molecule has 0 saturated carbocycles. The average molecular weight is 326 g/mol. The topological polar surface area (TPSA) is 44.8 Å². The molecule has 4 nitrogen and oxygen atoms in total. The van der Waals surface area contributed by atoms with Gasteiger partial charge in [0.05, 0.1) is 19.2 Å². The van der Waals surface area contributed by atoms with E-state index in [1.54, 1.807) is 0 Å². The molecule has 1 aromatic carbocycles. The Labute approximate surface area is 125 Å². The molecule has 0 fully saturated rings. The smallest absolute Gasteiger partial charge is 0.341 e. The van der Waals surface area contributed by atoms with Gasteiger partial charge in [-0.1, -0.05) is 34.8 Å². The second-order valence-corrected chi connectivity index (χ2v) is 4.70. The number of hydrogen-bond donors (Lipinski definition) is 0. The van der Waals surface area contributed by atoms with Crippen LogP contribution in [-0.4, -0.2) is 26.8 Å². The van der Waals surface area contributed by atoms with E-state index in [4.69, 9.17) is 44.3 Å². The maximum Gasteiger partial charge on any atom is 0.341 e. The van der Waals surface area contributed by atoms with Gasteiger partial charge in [-0.3, -0.25) is 0 Å². The normalized spacial score (nSPS) is 9.74. The van der Waals surface area contributed by atoms with E-state index >= 15 is 0 Å². The molecule has 104 valence electrons. The monoisotopic (exact) mass is 324 g/mol. The first kappa shape index (κ1) is 16.0. The Balaban J connectivity index is 3.05. The van der Waals surface area contributed by atoms with Gasteiger partial charge in [0.1, 0.15) is 22.4 Å². The molecule has 0 radical (unpaired) electrons. The van der Waals surface area contributed by atoms with Gasteiger partial charge in [0.2, 0.25) is 0 Å². The lowest BCUT2D eigenvalue weighted by Gasteiger charge is -2.11. The van der Waals surface area contributed by atoms with Crippen molar-refractivity contribution in [2.45, 2.75) is 0 Å². The van der Waals surface area contributed by atoms with Crippen molar-refractivity contribution in [1.29, 1.82) is 0 Å². The fraction of sp³-hybridized carbons (Fsp3) is 0.250. The first-order valence-electron chi connectivity index (χ1n) is 5.09. The number of methoxy groups -OCH3 is 2. The Hall–Kier alpha value is -1.10. The molecule has 0 spiro atoms. The Kier molecular flexibility index (Phi) is 6.28. The Morgan fingerprint density at radius 3 is 2.53 bits per heavy atom. The van der Waals surface area contributed by atoms with Crippen molar-refractivity contribution in [2.24, 2.45) is 0 Å². The summed E-state index contributed by atoms with van der Waals surface area (Å²) >= 11 is 16.9. The molecule has 0 unspecified atom stereocenters. The molecule has 0 aliphatic carbocycles. The van der Waals surface area contributed by atoms with E-state index in [1.807, 2.05) is 0 Å². The predicted molar refractivity (Wildman–Crippen MR) is 74.6 cm³/mol. The van der Waals surface area contributed by atoms with Crippen molar-refractivity contribution in [1.82, 2.24) is 0 Å². The Bertz CT molecular complexity index is 496. The molecule has 0 aliphatic rings. The first-order valence-corrected chi connectivity index (χ1v) is 6.22. The number of benzene rings is 1. The predicted octanol–water partition coefficient (Wildman–Crippen LogP) is 3.83. The van der Waals surface area contributed by atoms with Gasteiger partial charge >= 0.3 is 5.97 Å². The molecular formula is C12H11Cl3O4. The summed E-state index contributed by atoms with van der Waals surface area (Å²) in [6.07, 6.45) is 1.46. The molecular weight excluding hydrogens is 314 g/mol. The van der Waals surface area contributed by atoms with Crippen molar-refractivity contribution in [3.8, 4) is 11.5 Å². The van der Waals surface area contributed by atoms with Crippen molar-refractivity contribution in [2.75, 3.05) is 20.8 Å². The van der Waals surface area contributed by atoms with E-state index in [0.29, 0.717) is 5.75 Å². The van der Waals surface area contributed by atoms with Gasteiger partial charge in [-0.05, 0) is 12.1 Å². The highest BCUT2D eigenvalue weighted by Crippen LogP contribution is 2.33. The van der Waals surface area contributed by atoms with Crippen LogP contribution in [0.5, 0.6) is 11.5 Å². The second kappa shape index (κ2) is 7.48. The SMILES string of the molecule is COC(=O)c1cc(OCC=C(Cl)Cl)cc(Cl)c1OC. The zero-order valence-corrected chi connectivity index (χ0v) is 12.5. The van der Waals surface area contributed by atoms with Crippen LogP contribution < -0.4 is 9.47 Å². The first-order chi connectivity index (χ1) is 8.99. The van der Waals surface area contributed by atoms with Gasteiger partial charge in [-0.2, -0.15) is 0 Å². The standard InChI is InChI=1S/C12H11Cl3O4/c1-17-11-8(12(16)18-2)5-7(6-9(11)13)19-4-3-10(14)15/h3,5-6H,4H2,1-2H3. The molecule has 0 bridgehead atoms. The summed E-state index contributed by atoms with van der Waals surface area (Å²) in [4.78, 5) is 11.6. The van der Waals surface area contributed by atoms with Crippen LogP contribution in [0.4, 0.5) is 0 Å². The van der Waals surface area contributed by atoms with E-state index in [-0.39, 0.29) is 27.4 Å². The molecule has 1 rings (SSSR count). The molecule has 0 saturated heterocycles. The van der Waals surface area contributed by atoms with Crippen molar-refractivity contribution in [3.05, 3.63) is 33.3 Å². The van der Waals surface area contributed by atoms with Gasteiger partial charge in [0, 0.05) is 6.07 Å². The summed E-state index contributed by atoms with van der Waals surface area (Å²) < 4.78 is 15.1. The minimum Gasteiger partial charge on any atom is -0.494 e. The highest BCUT2D eigenvalue weighted by atomic mass is 35.5. The van der Waals surface area contributed by atoms with Gasteiger partial charge in [0.15, 0.2) is 5.75 Å². The van der Waals surface area contributed by atoms with Crippen LogP contribution in [0.3, 0.4) is 0 Å². The quantitative estimate of drug-likeness (QED) is 0.772. The summed E-state index contributed by atoms with van der Waals surface area (Å²) in [6, 6.07) is 2.98. The van der Waals surface area contributed by atoms with Crippen LogP contribution in [0, 0.1) is 0 Å². The van der Waals surface area contributed by atoms with E-state index < -0.39 is 5.97 Å². The maximum atomic E-state index is 11.6. The largest absolute Gasteiger partial charge is 0.494 e. The molecule has 7 heteroatoms. The van der Waals surface area contributed by atoms with Crippen molar-refractivity contribution >= 4 is 40.8 Å². The van der Waals surface area contributed by atoms with Crippen LogP contribution >= 0.6 is 34.8 Å². The van der Waals surface area contributed by atoms with Gasteiger partial charge in [-0.25, -0.2) is 4.79 Å². The van der Waals surface area contributed by atoms with E-state index in [9.17, 15) is 4.79 Å². The second-order valence-electron chi connectivity index (χ2n) is 3.28. The Morgan fingerprint density at radius 2 is 2.00 bits per heavy atom. The number of hydrogen-bond acceptors (Lipinski definition) is 4. The third-order valence-electron chi connectivity index (χ3n) is 2.11. The van der Waals surface area contributed by atoms with Crippen molar-refractivity contribution in [3.63, 3.8) is 0 Å².